The van der Waals surface area contributed by atoms with Gasteiger partial charge in [0.2, 0.25) is 0 Å². The molecule has 122 valence electrons. The maximum absolute atomic E-state index is 11.5. The van der Waals surface area contributed by atoms with E-state index < -0.39 is 0 Å². The molecule has 0 unspecified atom stereocenters. The molecule has 1 aliphatic heterocycles. The molecule has 0 atom stereocenters. The molecule has 0 saturated carbocycles. The van der Waals surface area contributed by atoms with Crippen molar-refractivity contribution in [1.29, 1.82) is 0 Å². The van der Waals surface area contributed by atoms with Gasteiger partial charge in [0.15, 0.2) is 0 Å². The lowest BCUT2D eigenvalue weighted by Gasteiger charge is -2.30. The number of halogens is 1. The first-order chi connectivity index (χ1) is 11.1. The van der Waals surface area contributed by atoms with E-state index in [4.69, 9.17) is 16.3 Å². The van der Waals surface area contributed by atoms with Gasteiger partial charge in [0, 0.05) is 36.4 Å². The van der Waals surface area contributed by atoms with Crippen molar-refractivity contribution in [3.63, 3.8) is 0 Å². The van der Waals surface area contributed by atoms with E-state index in [1.807, 2.05) is 18.2 Å². The maximum Gasteiger partial charge on any atom is 0.252 e. The van der Waals surface area contributed by atoms with E-state index in [9.17, 15) is 4.79 Å². The van der Waals surface area contributed by atoms with Crippen molar-refractivity contribution in [1.82, 2.24) is 9.97 Å². The average molecular weight is 335 g/mol. The van der Waals surface area contributed by atoms with Crippen LogP contribution in [-0.2, 0) is 11.3 Å². The summed E-state index contributed by atoms with van der Waals surface area (Å²) < 4.78 is 5.41. The van der Waals surface area contributed by atoms with Crippen LogP contribution in [0.25, 0.3) is 0 Å². The van der Waals surface area contributed by atoms with E-state index >= 15 is 0 Å². The molecule has 1 aromatic heterocycles. The molecule has 23 heavy (non-hydrogen) atoms. The lowest BCUT2D eigenvalue weighted by Crippen LogP contribution is -2.36. The first kappa shape index (κ1) is 15.8. The molecule has 0 spiro atoms. The third-order valence-electron chi connectivity index (χ3n) is 3.71. The Hall–Kier alpha value is -2.05. The van der Waals surface area contributed by atoms with E-state index in [0.29, 0.717) is 23.2 Å². The molecule has 2 N–H and O–H groups in total. The minimum atomic E-state index is -0.167. The average Bonchev–Trinajstić information content (AvgIpc) is 2.53. The van der Waals surface area contributed by atoms with Gasteiger partial charge < -0.3 is 19.9 Å². The van der Waals surface area contributed by atoms with Crippen LogP contribution in [0.2, 0.25) is 5.02 Å². The molecule has 7 heteroatoms. The van der Waals surface area contributed by atoms with Gasteiger partial charge in [0.25, 0.3) is 5.56 Å². The van der Waals surface area contributed by atoms with Gasteiger partial charge in [-0.2, -0.15) is 0 Å². The molecule has 0 bridgehead atoms. The fourth-order valence-corrected chi connectivity index (χ4v) is 2.86. The molecular weight excluding hydrogens is 316 g/mol. The van der Waals surface area contributed by atoms with Gasteiger partial charge in [-0.1, -0.05) is 11.6 Å². The topological polar surface area (TPSA) is 70.2 Å². The van der Waals surface area contributed by atoms with Crippen LogP contribution in [-0.4, -0.2) is 36.3 Å². The number of benzene rings is 1. The van der Waals surface area contributed by atoms with Crippen LogP contribution >= 0.6 is 11.6 Å². The molecule has 1 saturated heterocycles. The summed E-state index contributed by atoms with van der Waals surface area (Å²) >= 11 is 6.15. The fourth-order valence-electron chi connectivity index (χ4n) is 2.66. The van der Waals surface area contributed by atoms with Gasteiger partial charge in [-0.05, 0) is 30.7 Å². The summed E-state index contributed by atoms with van der Waals surface area (Å²) in [7, 11) is 0. The third-order valence-corrected chi connectivity index (χ3v) is 3.95. The lowest BCUT2D eigenvalue weighted by molar-refractivity contribution is 0.122. The SMILES string of the molecule is Cc1nc(NCc2cc(Cl)ccc2N2CCOCC2)cc(=O)[nH]1. The number of hydrogen-bond acceptors (Lipinski definition) is 5. The van der Waals surface area contributed by atoms with Crippen LogP contribution in [0.1, 0.15) is 11.4 Å². The quantitative estimate of drug-likeness (QED) is 0.897. The highest BCUT2D eigenvalue weighted by molar-refractivity contribution is 6.30. The lowest BCUT2D eigenvalue weighted by atomic mass is 10.1. The van der Waals surface area contributed by atoms with Crippen LogP contribution in [0.4, 0.5) is 11.5 Å². The zero-order valence-corrected chi connectivity index (χ0v) is 13.7. The number of nitrogens with zero attached hydrogens (tertiary/aromatic N) is 2. The van der Waals surface area contributed by atoms with Crippen LogP contribution in [0, 0.1) is 6.92 Å². The summed E-state index contributed by atoms with van der Waals surface area (Å²) in [5.41, 5.74) is 2.03. The van der Waals surface area contributed by atoms with E-state index in [1.165, 1.54) is 6.07 Å². The van der Waals surface area contributed by atoms with Crippen LogP contribution < -0.4 is 15.8 Å². The van der Waals surface area contributed by atoms with Crippen LogP contribution in [0.3, 0.4) is 0 Å². The Morgan fingerprint density at radius 3 is 2.87 bits per heavy atom. The molecule has 3 rings (SSSR count). The minimum Gasteiger partial charge on any atom is -0.378 e. The Balaban J connectivity index is 1.80. The Morgan fingerprint density at radius 2 is 2.13 bits per heavy atom. The first-order valence-corrected chi connectivity index (χ1v) is 7.92. The fraction of sp³-hybridized carbons (Fsp3) is 0.375. The largest absolute Gasteiger partial charge is 0.378 e. The van der Waals surface area contributed by atoms with Gasteiger partial charge in [-0.25, -0.2) is 4.98 Å². The summed E-state index contributed by atoms with van der Waals surface area (Å²) in [4.78, 5) is 20.7. The van der Waals surface area contributed by atoms with Gasteiger partial charge >= 0.3 is 0 Å². The number of hydrogen-bond donors (Lipinski definition) is 2. The third kappa shape index (κ3) is 4.03. The van der Waals surface area contributed by atoms with E-state index in [2.05, 4.69) is 20.2 Å². The summed E-state index contributed by atoms with van der Waals surface area (Å²) in [5, 5.41) is 3.89. The molecule has 1 aliphatic rings. The van der Waals surface area contributed by atoms with Crippen molar-refractivity contribution in [2.75, 3.05) is 36.5 Å². The Morgan fingerprint density at radius 1 is 1.35 bits per heavy atom. The van der Waals surface area contributed by atoms with Crippen molar-refractivity contribution in [2.45, 2.75) is 13.5 Å². The van der Waals surface area contributed by atoms with Crippen molar-refractivity contribution in [3.8, 4) is 0 Å². The molecule has 1 aromatic carbocycles. The Kier molecular flexibility index (Phi) is 4.83. The normalized spacial score (nSPS) is 14.8. The number of aromatic nitrogens is 2. The first-order valence-electron chi connectivity index (χ1n) is 7.55. The molecule has 2 heterocycles. The molecule has 1 fully saturated rings. The zero-order chi connectivity index (χ0) is 16.2. The van der Waals surface area contributed by atoms with Crippen molar-refractivity contribution < 1.29 is 4.74 Å². The van der Waals surface area contributed by atoms with Gasteiger partial charge in [-0.15, -0.1) is 0 Å². The highest BCUT2D eigenvalue weighted by Crippen LogP contribution is 2.26. The number of rotatable bonds is 4. The summed E-state index contributed by atoms with van der Waals surface area (Å²) in [6.45, 7) is 5.47. The van der Waals surface area contributed by atoms with Crippen LogP contribution in [0.15, 0.2) is 29.1 Å². The number of morpholine rings is 1. The molecule has 6 nitrogen and oxygen atoms in total. The summed E-state index contributed by atoms with van der Waals surface area (Å²) in [6, 6.07) is 7.32. The highest BCUT2D eigenvalue weighted by atomic mass is 35.5. The van der Waals surface area contributed by atoms with E-state index in [1.54, 1.807) is 6.92 Å². The van der Waals surface area contributed by atoms with Gasteiger partial charge in [-0.3, -0.25) is 4.79 Å². The molecule has 0 radical (unpaired) electrons. The molecule has 2 aromatic rings. The second-order valence-electron chi connectivity index (χ2n) is 5.44. The van der Waals surface area contributed by atoms with Crippen molar-refractivity contribution >= 4 is 23.1 Å². The monoisotopic (exact) mass is 334 g/mol. The second-order valence-corrected chi connectivity index (χ2v) is 5.88. The Bertz CT molecular complexity index is 741. The number of aryl methyl sites for hydroxylation is 1. The predicted molar refractivity (Wildman–Crippen MR) is 91.4 cm³/mol. The van der Waals surface area contributed by atoms with Crippen molar-refractivity contribution in [3.05, 3.63) is 51.0 Å². The maximum atomic E-state index is 11.5. The number of H-pyrrole nitrogens is 1. The van der Waals surface area contributed by atoms with E-state index in [0.717, 1.165) is 37.6 Å². The molecule has 0 aliphatic carbocycles. The summed E-state index contributed by atoms with van der Waals surface area (Å²) in [6.07, 6.45) is 0. The second kappa shape index (κ2) is 7.02. The highest BCUT2D eigenvalue weighted by Gasteiger charge is 2.15. The van der Waals surface area contributed by atoms with E-state index in [-0.39, 0.29) is 5.56 Å². The molecule has 0 amide bonds. The zero-order valence-electron chi connectivity index (χ0n) is 12.9. The number of anilines is 2. The number of ether oxygens (including phenoxy) is 1. The number of aromatic amines is 1. The Labute approximate surface area is 139 Å². The van der Waals surface area contributed by atoms with Gasteiger partial charge in [0.1, 0.15) is 11.6 Å². The van der Waals surface area contributed by atoms with Gasteiger partial charge in [0.05, 0.1) is 13.2 Å². The van der Waals surface area contributed by atoms with Crippen molar-refractivity contribution in [2.24, 2.45) is 0 Å². The number of nitrogens with one attached hydrogen (secondary N) is 2. The van der Waals surface area contributed by atoms with Crippen LogP contribution in [0.5, 0.6) is 0 Å². The summed E-state index contributed by atoms with van der Waals surface area (Å²) in [5.74, 6) is 1.14. The predicted octanol–water partition coefficient (Wildman–Crippen LogP) is 2.18. The standard InChI is InChI=1S/C16H19ClN4O2/c1-11-19-15(9-16(22)20-11)18-10-12-8-13(17)2-3-14(12)21-4-6-23-7-5-21/h2-3,8-9H,4-7,10H2,1H3,(H2,18,19,20,22). The molecular formula is C16H19ClN4O2. The minimum absolute atomic E-state index is 0.167. The smallest absolute Gasteiger partial charge is 0.252 e.